The van der Waals surface area contributed by atoms with Crippen molar-refractivity contribution in [3.8, 4) is 17.2 Å². The fourth-order valence-corrected chi connectivity index (χ4v) is 4.00. The molecule has 0 atom stereocenters. The van der Waals surface area contributed by atoms with E-state index in [1.165, 1.54) is 0 Å². The second-order valence-electron chi connectivity index (χ2n) is 8.05. The van der Waals surface area contributed by atoms with Gasteiger partial charge in [0.2, 0.25) is 5.91 Å². The molecule has 3 aromatic carbocycles. The van der Waals surface area contributed by atoms with E-state index in [2.05, 4.69) is 5.32 Å². The number of amides is 1. The minimum Gasteiger partial charge on any atom is -0.496 e. The lowest BCUT2D eigenvalue weighted by Crippen LogP contribution is -2.36. The summed E-state index contributed by atoms with van der Waals surface area (Å²) in [6.07, 6.45) is 2.41. The van der Waals surface area contributed by atoms with Crippen LogP contribution in [0.15, 0.2) is 72.8 Å². The Hall–Kier alpha value is -3.47. The van der Waals surface area contributed by atoms with Crippen LogP contribution in [0.3, 0.4) is 0 Å². The number of hydrogen-bond donors (Lipinski definition) is 1. The van der Waals surface area contributed by atoms with Crippen molar-refractivity contribution in [1.82, 2.24) is 5.32 Å². The van der Waals surface area contributed by atoms with Crippen molar-refractivity contribution in [2.75, 3.05) is 20.8 Å². The zero-order valence-electron chi connectivity index (χ0n) is 18.6. The number of benzene rings is 3. The molecular weight excluding hydrogens is 402 g/mol. The Morgan fingerprint density at radius 2 is 1.56 bits per heavy atom. The highest BCUT2D eigenvalue weighted by Gasteiger charge is 2.52. The molecule has 4 rings (SSSR count). The maximum Gasteiger partial charge on any atom is 0.230 e. The molecule has 1 aliphatic rings. The molecule has 5 nitrogen and oxygen atoms in total. The highest BCUT2D eigenvalue weighted by molar-refractivity contribution is 5.92. The van der Waals surface area contributed by atoms with Crippen molar-refractivity contribution in [2.24, 2.45) is 0 Å². The summed E-state index contributed by atoms with van der Waals surface area (Å²) in [6, 6.07) is 23.7. The lowest BCUT2D eigenvalue weighted by atomic mass is 9.94. The Labute approximate surface area is 189 Å². The normalized spacial score (nSPS) is 13.8. The van der Waals surface area contributed by atoms with E-state index in [1.54, 1.807) is 14.2 Å². The topological polar surface area (TPSA) is 56.8 Å². The molecule has 0 saturated heterocycles. The van der Waals surface area contributed by atoms with E-state index in [4.69, 9.17) is 14.2 Å². The van der Waals surface area contributed by atoms with Crippen LogP contribution in [0.1, 0.15) is 29.5 Å². The molecule has 0 bridgehead atoms. The Morgan fingerprint density at radius 1 is 0.844 bits per heavy atom. The van der Waals surface area contributed by atoms with Crippen molar-refractivity contribution < 1.29 is 19.0 Å². The molecule has 0 radical (unpaired) electrons. The summed E-state index contributed by atoms with van der Waals surface area (Å²) >= 11 is 0. The Kier molecular flexibility index (Phi) is 6.64. The van der Waals surface area contributed by atoms with Gasteiger partial charge in [-0.15, -0.1) is 0 Å². The van der Waals surface area contributed by atoms with Gasteiger partial charge in [-0.05, 0) is 48.6 Å². The second kappa shape index (κ2) is 9.77. The number of nitrogens with one attached hydrogen (secondary N) is 1. The highest BCUT2D eigenvalue weighted by atomic mass is 16.5. The van der Waals surface area contributed by atoms with E-state index in [-0.39, 0.29) is 5.91 Å². The average Bonchev–Trinajstić information content (AvgIpc) is 3.65. The Balaban J connectivity index is 1.34. The van der Waals surface area contributed by atoms with Gasteiger partial charge in [-0.25, -0.2) is 0 Å². The predicted molar refractivity (Wildman–Crippen MR) is 124 cm³/mol. The molecule has 0 unspecified atom stereocenters. The lowest BCUT2D eigenvalue weighted by Gasteiger charge is -2.18. The van der Waals surface area contributed by atoms with E-state index in [0.717, 1.165) is 35.3 Å². The third-order valence-corrected chi connectivity index (χ3v) is 5.97. The smallest absolute Gasteiger partial charge is 0.230 e. The lowest BCUT2D eigenvalue weighted by molar-refractivity contribution is -0.123. The average molecular weight is 432 g/mol. The van der Waals surface area contributed by atoms with Gasteiger partial charge in [0.05, 0.1) is 19.6 Å². The number of para-hydroxylation sites is 1. The number of carbonyl (C=O) groups excluding carboxylic acids is 1. The number of methoxy groups -OCH3 is 2. The highest BCUT2D eigenvalue weighted by Crippen LogP contribution is 2.51. The summed E-state index contributed by atoms with van der Waals surface area (Å²) in [5, 5.41) is 3.12. The molecule has 1 N–H and O–H groups in total. The zero-order chi connectivity index (χ0) is 22.4. The van der Waals surface area contributed by atoms with E-state index in [9.17, 15) is 4.79 Å². The van der Waals surface area contributed by atoms with Gasteiger partial charge in [0.15, 0.2) is 11.5 Å². The van der Waals surface area contributed by atoms with Crippen molar-refractivity contribution >= 4 is 5.91 Å². The molecule has 0 heterocycles. The maximum atomic E-state index is 13.0. The monoisotopic (exact) mass is 431 g/mol. The van der Waals surface area contributed by atoms with Crippen molar-refractivity contribution in [3.05, 3.63) is 89.5 Å². The van der Waals surface area contributed by atoms with Crippen LogP contribution >= 0.6 is 0 Å². The Morgan fingerprint density at radius 3 is 2.28 bits per heavy atom. The van der Waals surface area contributed by atoms with Crippen LogP contribution in [-0.2, 0) is 23.2 Å². The standard InChI is InChI=1S/C27H29NO4/c1-30-23-11-7-6-10-22(23)27(15-16-27)26(29)28-17-14-20-12-13-24(25(18-20)31-2)32-19-21-8-4-3-5-9-21/h3-13,18H,14-17,19H2,1-2H3,(H,28,29). The summed E-state index contributed by atoms with van der Waals surface area (Å²) in [4.78, 5) is 13.0. The second-order valence-corrected chi connectivity index (χ2v) is 8.05. The summed E-state index contributed by atoms with van der Waals surface area (Å²) in [6.45, 7) is 1.04. The molecule has 1 fully saturated rings. The van der Waals surface area contributed by atoms with Gasteiger partial charge in [-0.3, -0.25) is 4.79 Å². The zero-order valence-corrected chi connectivity index (χ0v) is 18.6. The number of carbonyl (C=O) groups is 1. The number of rotatable bonds is 10. The summed E-state index contributed by atoms with van der Waals surface area (Å²) < 4.78 is 16.9. The summed E-state index contributed by atoms with van der Waals surface area (Å²) in [7, 11) is 3.29. The molecule has 32 heavy (non-hydrogen) atoms. The minimum atomic E-state index is -0.459. The largest absolute Gasteiger partial charge is 0.496 e. The van der Waals surface area contributed by atoms with Gasteiger partial charge >= 0.3 is 0 Å². The molecule has 0 aromatic heterocycles. The van der Waals surface area contributed by atoms with Crippen LogP contribution in [-0.4, -0.2) is 26.7 Å². The van der Waals surface area contributed by atoms with E-state index in [0.29, 0.717) is 31.1 Å². The molecule has 1 amide bonds. The van der Waals surface area contributed by atoms with Crippen LogP contribution < -0.4 is 19.5 Å². The third-order valence-electron chi connectivity index (χ3n) is 5.97. The van der Waals surface area contributed by atoms with Crippen LogP contribution in [0.5, 0.6) is 17.2 Å². The summed E-state index contributed by atoms with van der Waals surface area (Å²) in [5.41, 5.74) is 2.70. The summed E-state index contributed by atoms with van der Waals surface area (Å²) in [5.74, 6) is 2.24. The molecule has 1 aliphatic carbocycles. The quantitative estimate of drug-likeness (QED) is 0.507. The maximum absolute atomic E-state index is 13.0. The molecule has 0 aliphatic heterocycles. The first-order chi connectivity index (χ1) is 15.7. The minimum absolute atomic E-state index is 0.0665. The van der Waals surface area contributed by atoms with Crippen LogP contribution in [0.25, 0.3) is 0 Å². The van der Waals surface area contributed by atoms with Crippen molar-refractivity contribution in [1.29, 1.82) is 0 Å². The fourth-order valence-electron chi connectivity index (χ4n) is 4.00. The third kappa shape index (κ3) is 4.72. The number of hydrogen-bond acceptors (Lipinski definition) is 4. The molecule has 3 aromatic rings. The van der Waals surface area contributed by atoms with E-state index < -0.39 is 5.41 Å². The number of ether oxygens (including phenoxy) is 3. The molecule has 166 valence electrons. The first-order valence-electron chi connectivity index (χ1n) is 10.9. The van der Waals surface area contributed by atoms with Gasteiger partial charge in [0.25, 0.3) is 0 Å². The molecule has 1 saturated carbocycles. The van der Waals surface area contributed by atoms with Crippen molar-refractivity contribution in [3.63, 3.8) is 0 Å². The van der Waals surface area contributed by atoms with Gasteiger partial charge in [0.1, 0.15) is 12.4 Å². The first-order valence-corrected chi connectivity index (χ1v) is 10.9. The van der Waals surface area contributed by atoms with Crippen molar-refractivity contribution in [2.45, 2.75) is 31.3 Å². The van der Waals surface area contributed by atoms with Gasteiger partial charge in [0, 0.05) is 12.1 Å². The van der Waals surface area contributed by atoms with E-state index >= 15 is 0 Å². The molecule has 0 spiro atoms. The van der Waals surface area contributed by atoms with Gasteiger partial charge in [-0.2, -0.15) is 0 Å². The first kappa shape index (κ1) is 21.8. The van der Waals surface area contributed by atoms with Crippen LogP contribution in [0.4, 0.5) is 0 Å². The van der Waals surface area contributed by atoms with Crippen LogP contribution in [0.2, 0.25) is 0 Å². The van der Waals surface area contributed by atoms with E-state index in [1.807, 2.05) is 72.8 Å². The van der Waals surface area contributed by atoms with Gasteiger partial charge in [-0.1, -0.05) is 54.6 Å². The molecular formula is C27H29NO4. The predicted octanol–water partition coefficient (Wildman–Crippen LogP) is 4.67. The van der Waals surface area contributed by atoms with Crippen LogP contribution in [0, 0.1) is 0 Å². The SMILES string of the molecule is COc1cc(CCNC(=O)C2(c3ccccc3OC)CC2)ccc1OCc1ccccc1. The van der Waals surface area contributed by atoms with Gasteiger partial charge < -0.3 is 19.5 Å². The fraction of sp³-hybridized carbons (Fsp3) is 0.296. The molecule has 5 heteroatoms. The Bertz CT molecular complexity index is 1060.